The molecule has 1 atom stereocenters. The highest BCUT2D eigenvalue weighted by molar-refractivity contribution is 5.31. The summed E-state index contributed by atoms with van der Waals surface area (Å²) >= 11 is 0. The van der Waals surface area contributed by atoms with Crippen LogP contribution >= 0.6 is 0 Å². The summed E-state index contributed by atoms with van der Waals surface area (Å²) in [6.45, 7) is 6.88. The Labute approximate surface area is 109 Å². The minimum absolute atomic E-state index is 0.142. The predicted molar refractivity (Wildman–Crippen MR) is 72.6 cm³/mol. The maximum Gasteiger partial charge on any atom is 0.0954 e. The Bertz CT molecular complexity index is 379. The number of hydrogen-bond donors (Lipinski definition) is 1. The third kappa shape index (κ3) is 3.10. The fourth-order valence-electron chi connectivity index (χ4n) is 2.53. The van der Waals surface area contributed by atoms with Crippen LogP contribution in [0, 0.1) is 0 Å². The zero-order chi connectivity index (χ0) is 13.0. The lowest BCUT2D eigenvalue weighted by Crippen LogP contribution is -2.38. The van der Waals surface area contributed by atoms with Crippen molar-refractivity contribution in [3.8, 4) is 0 Å². The van der Waals surface area contributed by atoms with E-state index in [9.17, 15) is 0 Å². The summed E-state index contributed by atoms with van der Waals surface area (Å²) in [5, 5.41) is 9.13. The summed E-state index contributed by atoms with van der Waals surface area (Å²) in [7, 11) is 0. The molecule has 0 amide bonds. The zero-order valence-corrected chi connectivity index (χ0v) is 11.3. The molecular weight excluding hydrogens is 226 g/mol. The SMILES string of the molecule is CC(C)N(CCO)CC1OCCc2ccccc21. The molecule has 3 heteroatoms. The van der Waals surface area contributed by atoms with Gasteiger partial charge in [0.2, 0.25) is 0 Å². The molecule has 3 nitrogen and oxygen atoms in total. The van der Waals surface area contributed by atoms with E-state index in [1.807, 2.05) is 0 Å². The summed E-state index contributed by atoms with van der Waals surface area (Å²) in [6.07, 6.45) is 1.15. The quantitative estimate of drug-likeness (QED) is 0.866. The van der Waals surface area contributed by atoms with Crippen molar-refractivity contribution in [2.45, 2.75) is 32.4 Å². The number of fused-ring (bicyclic) bond motifs is 1. The van der Waals surface area contributed by atoms with Crippen molar-refractivity contribution in [1.82, 2.24) is 4.90 Å². The fourth-order valence-corrected chi connectivity index (χ4v) is 2.53. The molecule has 0 fully saturated rings. The van der Waals surface area contributed by atoms with Gasteiger partial charge in [-0.3, -0.25) is 4.90 Å². The molecule has 0 saturated heterocycles. The third-order valence-electron chi connectivity index (χ3n) is 3.61. The van der Waals surface area contributed by atoms with E-state index in [1.165, 1.54) is 11.1 Å². The van der Waals surface area contributed by atoms with Crippen LogP contribution in [0.15, 0.2) is 24.3 Å². The summed E-state index contributed by atoms with van der Waals surface area (Å²) in [6, 6.07) is 8.95. The molecule has 2 rings (SSSR count). The van der Waals surface area contributed by atoms with Crippen molar-refractivity contribution in [2.75, 3.05) is 26.3 Å². The molecule has 1 heterocycles. The van der Waals surface area contributed by atoms with E-state index in [1.54, 1.807) is 0 Å². The van der Waals surface area contributed by atoms with Gasteiger partial charge < -0.3 is 9.84 Å². The van der Waals surface area contributed by atoms with Gasteiger partial charge in [0.15, 0.2) is 0 Å². The highest BCUT2D eigenvalue weighted by atomic mass is 16.5. The smallest absolute Gasteiger partial charge is 0.0954 e. The minimum Gasteiger partial charge on any atom is -0.395 e. The van der Waals surface area contributed by atoms with Crippen molar-refractivity contribution in [3.05, 3.63) is 35.4 Å². The van der Waals surface area contributed by atoms with Crippen LogP contribution in [0.3, 0.4) is 0 Å². The monoisotopic (exact) mass is 249 g/mol. The van der Waals surface area contributed by atoms with E-state index in [-0.39, 0.29) is 12.7 Å². The average molecular weight is 249 g/mol. The zero-order valence-electron chi connectivity index (χ0n) is 11.3. The normalized spacial score (nSPS) is 19.3. The summed E-state index contributed by atoms with van der Waals surface area (Å²) < 4.78 is 5.91. The lowest BCUT2D eigenvalue weighted by Gasteiger charge is -2.33. The Morgan fingerprint density at radius 1 is 1.39 bits per heavy atom. The molecule has 1 aromatic rings. The van der Waals surface area contributed by atoms with E-state index in [0.717, 1.165) is 19.6 Å². The first-order chi connectivity index (χ1) is 8.72. The van der Waals surface area contributed by atoms with Crippen molar-refractivity contribution < 1.29 is 9.84 Å². The van der Waals surface area contributed by atoms with Gasteiger partial charge in [0, 0.05) is 19.1 Å². The molecular formula is C15H23NO2. The second-order valence-corrected chi connectivity index (χ2v) is 5.12. The molecule has 100 valence electrons. The van der Waals surface area contributed by atoms with Crippen LogP contribution in [0.4, 0.5) is 0 Å². The maximum atomic E-state index is 9.13. The maximum absolute atomic E-state index is 9.13. The Balaban J connectivity index is 2.10. The first-order valence-corrected chi connectivity index (χ1v) is 6.76. The van der Waals surface area contributed by atoms with E-state index in [2.05, 4.69) is 43.0 Å². The number of nitrogens with zero attached hydrogens (tertiary/aromatic N) is 1. The molecule has 0 bridgehead atoms. The molecule has 0 spiro atoms. The summed E-state index contributed by atoms with van der Waals surface area (Å²) in [5.74, 6) is 0. The molecule has 0 aliphatic carbocycles. The second kappa shape index (κ2) is 6.32. The highest BCUT2D eigenvalue weighted by Crippen LogP contribution is 2.27. The second-order valence-electron chi connectivity index (χ2n) is 5.12. The van der Waals surface area contributed by atoms with Gasteiger partial charge in [0.05, 0.1) is 19.3 Å². The molecule has 0 aromatic heterocycles. The van der Waals surface area contributed by atoms with Gasteiger partial charge in [-0.05, 0) is 31.4 Å². The largest absolute Gasteiger partial charge is 0.395 e. The van der Waals surface area contributed by atoms with Crippen LogP contribution in [-0.2, 0) is 11.2 Å². The number of aliphatic hydroxyl groups is 1. The Hall–Kier alpha value is -0.900. The highest BCUT2D eigenvalue weighted by Gasteiger charge is 2.23. The van der Waals surface area contributed by atoms with E-state index in [4.69, 9.17) is 9.84 Å². The lowest BCUT2D eigenvalue weighted by molar-refractivity contribution is 0.00553. The number of aliphatic hydroxyl groups excluding tert-OH is 1. The Kier molecular flexibility index (Phi) is 4.75. The summed E-state index contributed by atoms with van der Waals surface area (Å²) in [5.41, 5.74) is 2.72. The van der Waals surface area contributed by atoms with Crippen molar-refractivity contribution >= 4 is 0 Å². The van der Waals surface area contributed by atoms with Gasteiger partial charge in [0.1, 0.15) is 0 Å². The van der Waals surface area contributed by atoms with Crippen LogP contribution in [0.5, 0.6) is 0 Å². The Morgan fingerprint density at radius 3 is 2.89 bits per heavy atom. The van der Waals surface area contributed by atoms with Crippen LogP contribution < -0.4 is 0 Å². The predicted octanol–water partition coefficient (Wildman–Crippen LogP) is 2.00. The molecule has 1 aliphatic heterocycles. The average Bonchev–Trinajstić information content (AvgIpc) is 2.38. The van der Waals surface area contributed by atoms with E-state index < -0.39 is 0 Å². The van der Waals surface area contributed by atoms with E-state index >= 15 is 0 Å². The molecule has 1 aliphatic rings. The number of ether oxygens (including phenoxy) is 1. The Morgan fingerprint density at radius 2 is 2.17 bits per heavy atom. The molecule has 0 radical (unpaired) electrons. The fraction of sp³-hybridized carbons (Fsp3) is 0.600. The molecule has 1 unspecified atom stereocenters. The first-order valence-electron chi connectivity index (χ1n) is 6.76. The van der Waals surface area contributed by atoms with Gasteiger partial charge in [-0.15, -0.1) is 0 Å². The van der Waals surface area contributed by atoms with Crippen molar-refractivity contribution in [3.63, 3.8) is 0 Å². The van der Waals surface area contributed by atoms with Crippen molar-refractivity contribution in [1.29, 1.82) is 0 Å². The molecule has 0 saturated carbocycles. The number of benzene rings is 1. The van der Waals surface area contributed by atoms with Crippen LogP contribution in [0.1, 0.15) is 31.1 Å². The minimum atomic E-state index is 0.142. The van der Waals surface area contributed by atoms with Crippen LogP contribution in [-0.4, -0.2) is 42.4 Å². The number of hydrogen-bond acceptors (Lipinski definition) is 3. The van der Waals surface area contributed by atoms with Gasteiger partial charge in [-0.25, -0.2) is 0 Å². The topological polar surface area (TPSA) is 32.7 Å². The van der Waals surface area contributed by atoms with Crippen LogP contribution in [0.2, 0.25) is 0 Å². The standard InChI is InChI=1S/C15H23NO2/c1-12(2)16(8-9-17)11-15-14-6-4-3-5-13(14)7-10-18-15/h3-6,12,15,17H,7-11H2,1-2H3. The van der Waals surface area contributed by atoms with E-state index in [0.29, 0.717) is 12.6 Å². The van der Waals surface area contributed by atoms with Gasteiger partial charge in [0.25, 0.3) is 0 Å². The van der Waals surface area contributed by atoms with Gasteiger partial charge in [-0.1, -0.05) is 24.3 Å². The van der Waals surface area contributed by atoms with Gasteiger partial charge in [-0.2, -0.15) is 0 Å². The van der Waals surface area contributed by atoms with Gasteiger partial charge >= 0.3 is 0 Å². The number of rotatable bonds is 5. The first kappa shape index (κ1) is 13.5. The lowest BCUT2D eigenvalue weighted by atomic mass is 9.97. The third-order valence-corrected chi connectivity index (χ3v) is 3.61. The molecule has 1 N–H and O–H groups in total. The molecule has 18 heavy (non-hydrogen) atoms. The van der Waals surface area contributed by atoms with Crippen LogP contribution in [0.25, 0.3) is 0 Å². The van der Waals surface area contributed by atoms with Crippen molar-refractivity contribution in [2.24, 2.45) is 0 Å². The summed E-state index contributed by atoms with van der Waals surface area (Å²) in [4.78, 5) is 2.27. The molecule has 1 aromatic carbocycles.